The van der Waals surface area contributed by atoms with E-state index in [1.54, 1.807) is 0 Å². The molecule has 284 valence electrons. The van der Waals surface area contributed by atoms with Crippen molar-refractivity contribution >= 4 is 72.4 Å². The molecule has 60 heavy (non-hydrogen) atoms. The Morgan fingerprint density at radius 1 is 0.317 bits per heavy atom. The Morgan fingerprint density at radius 2 is 0.717 bits per heavy atom. The van der Waals surface area contributed by atoms with E-state index in [0.29, 0.717) is 0 Å². The van der Waals surface area contributed by atoms with Crippen LogP contribution in [-0.2, 0) is 5.41 Å². The lowest BCUT2D eigenvalue weighted by Gasteiger charge is -2.34. The second kappa shape index (κ2) is 13.2. The molecule has 12 rings (SSSR count). The highest BCUT2D eigenvalue weighted by Crippen LogP contribution is 2.51. The van der Waals surface area contributed by atoms with Crippen molar-refractivity contribution in [3.8, 4) is 22.5 Å². The molecule has 11 aromatic rings. The molecule has 0 aliphatic heterocycles. The predicted molar refractivity (Wildman–Crippen MR) is 256 cm³/mol. The predicted octanol–water partition coefficient (Wildman–Crippen LogP) is 11.6. The van der Waals surface area contributed by atoms with E-state index < -0.39 is 8.07 Å². The van der Waals surface area contributed by atoms with E-state index in [0.717, 1.165) is 0 Å². The van der Waals surface area contributed by atoms with Crippen LogP contribution >= 0.6 is 0 Å². The van der Waals surface area contributed by atoms with Gasteiger partial charge in [-0.2, -0.15) is 0 Å². The average molecular weight is 783 g/mol. The van der Waals surface area contributed by atoms with Gasteiger partial charge in [-0.05, 0) is 97.6 Å². The van der Waals surface area contributed by atoms with Crippen LogP contribution in [0.25, 0.3) is 66.1 Å². The van der Waals surface area contributed by atoms with Gasteiger partial charge in [0.2, 0.25) is 0 Å². The Hall–Kier alpha value is -7.20. The van der Waals surface area contributed by atoms with Crippen LogP contribution in [0.4, 0.5) is 0 Å². The Labute approximate surface area is 351 Å². The molecular weight excluding hydrogens is 741 g/mol. The molecule has 0 radical (unpaired) electrons. The van der Waals surface area contributed by atoms with Gasteiger partial charge in [0.05, 0.1) is 22.1 Å². The van der Waals surface area contributed by atoms with Crippen molar-refractivity contribution in [1.82, 2.24) is 9.13 Å². The van der Waals surface area contributed by atoms with Crippen molar-refractivity contribution in [2.24, 2.45) is 0 Å². The molecule has 0 atom stereocenters. The monoisotopic (exact) mass is 782 g/mol. The van der Waals surface area contributed by atoms with Crippen LogP contribution in [-0.4, -0.2) is 17.2 Å². The summed E-state index contributed by atoms with van der Waals surface area (Å²) in [5, 5.41) is 10.6. The molecule has 2 nitrogen and oxygen atoms in total. The molecule has 0 spiro atoms. The Bertz CT molecular complexity index is 3330. The molecule has 9 aromatic carbocycles. The van der Waals surface area contributed by atoms with E-state index in [1.807, 2.05) is 0 Å². The van der Waals surface area contributed by atoms with Crippen LogP contribution in [0.3, 0.4) is 0 Å². The number of aromatic nitrogens is 2. The first-order chi connectivity index (χ1) is 29.5. The first-order valence-electron chi connectivity index (χ1n) is 21.0. The summed E-state index contributed by atoms with van der Waals surface area (Å²) in [5.74, 6) is 0. The number of para-hydroxylation sites is 3. The van der Waals surface area contributed by atoms with Crippen LogP contribution < -0.4 is 20.7 Å². The van der Waals surface area contributed by atoms with Gasteiger partial charge in [-0.1, -0.05) is 178 Å². The molecule has 2 heterocycles. The molecule has 0 saturated carbocycles. The number of hydrogen-bond donors (Lipinski definition) is 0. The minimum atomic E-state index is -2.82. The van der Waals surface area contributed by atoms with E-state index >= 15 is 0 Å². The summed E-state index contributed by atoms with van der Waals surface area (Å²) in [5.41, 5.74) is 12.7. The molecule has 1 aliphatic rings. The van der Waals surface area contributed by atoms with E-state index in [1.165, 1.54) is 98.0 Å². The number of hydrogen-bond acceptors (Lipinski definition) is 0. The molecule has 0 bridgehead atoms. The molecular formula is C57H42N2Si. The number of fused-ring (bicyclic) bond motifs is 9. The molecule has 1 aliphatic carbocycles. The van der Waals surface area contributed by atoms with E-state index in [9.17, 15) is 0 Å². The minimum absolute atomic E-state index is 0.0601. The van der Waals surface area contributed by atoms with Crippen LogP contribution in [0.5, 0.6) is 0 Å². The van der Waals surface area contributed by atoms with Crippen molar-refractivity contribution < 1.29 is 0 Å². The van der Waals surface area contributed by atoms with Gasteiger partial charge in [0.25, 0.3) is 0 Å². The third kappa shape index (κ3) is 4.87. The SMILES string of the molecule is CC1(C)c2ccccc2-c2cc3c(cc21)c1ccccc1n3-c1ccc([Si](c2ccccc2)(c2ccccc2)c2ccc(-n3c4ccccc4c4ccccc43)cc2)cc1. The van der Waals surface area contributed by atoms with Crippen molar-refractivity contribution in [2.75, 3.05) is 0 Å². The zero-order valence-electron chi connectivity index (χ0n) is 33.7. The first-order valence-corrected chi connectivity index (χ1v) is 23.0. The minimum Gasteiger partial charge on any atom is -0.309 e. The van der Waals surface area contributed by atoms with Crippen molar-refractivity contribution in [2.45, 2.75) is 19.3 Å². The second-order valence-corrected chi connectivity index (χ2v) is 20.7. The molecule has 2 aromatic heterocycles. The molecule has 0 N–H and O–H groups in total. The van der Waals surface area contributed by atoms with E-state index in [2.05, 4.69) is 241 Å². The molecule has 0 amide bonds. The number of benzene rings is 9. The van der Waals surface area contributed by atoms with Gasteiger partial charge in [0.1, 0.15) is 0 Å². The molecule has 0 fully saturated rings. The summed E-state index contributed by atoms with van der Waals surface area (Å²) in [6, 6.07) is 81.9. The third-order valence-electron chi connectivity index (χ3n) is 13.5. The van der Waals surface area contributed by atoms with Crippen LogP contribution in [0.2, 0.25) is 0 Å². The van der Waals surface area contributed by atoms with Crippen molar-refractivity contribution in [3.63, 3.8) is 0 Å². The fraction of sp³-hybridized carbons (Fsp3) is 0.0526. The Morgan fingerprint density at radius 3 is 1.23 bits per heavy atom. The van der Waals surface area contributed by atoms with Gasteiger partial charge < -0.3 is 9.13 Å². The van der Waals surface area contributed by atoms with Gasteiger partial charge in [0.15, 0.2) is 8.07 Å². The smallest absolute Gasteiger partial charge is 0.179 e. The van der Waals surface area contributed by atoms with Crippen molar-refractivity contribution in [1.29, 1.82) is 0 Å². The molecule has 0 saturated heterocycles. The Kier molecular flexibility index (Phi) is 7.63. The summed E-state index contributed by atoms with van der Waals surface area (Å²) in [4.78, 5) is 0. The van der Waals surface area contributed by atoms with Crippen LogP contribution in [0.1, 0.15) is 25.0 Å². The highest BCUT2D eigenvalue weighted by atomic mass is 28.3. The number of rotatable bonds is 6. The summed E-state index contributed by atoms with van der Waals surface area (Å²) in [6.07, 6.45) is 0. The Balaban J connectivity index is 1.06. The highest BCUT2D eigenvalue weighted by Gasteiger charge is 2.42. The standard InChI is InChI=1S/C57H42N2Si/c1-57(2)51-25-13-9-21-45(51)49-38-56-50(37-52(49)57)48-24-12-16-28-55(48)59(56)40-31-35-44(36-32-40)60(41-17-5-3-6-18-41,42-19-7-4-8-20-42)43-33-29-39(30-34-43)58-53-26-14-10-22-46(53)47-23-11-15-27-54(47)58/h3-38H,1-2H3. The molecule has 3 heteroatoms. The van der Waals surface area contributed by atoms with Gasteiger partial charge in [-0.3, -0.25) is 0 Å². The quantitative estimate of drug-likeness (QED) is 0.117. The maximum Gasteiger partial charge on any atom is 0.179 e. The summed E-state index contributed by atoms with van der Waals surface area (Å²) >= 11 is 0. The van der Waals surface area contributed by atoms with Gasteiger partial charge in [-0.15, -0.1) is 0 Å². The van der Waals surface area contributed by atoms with Gasteiger partial charge in [-0.25, -0.2) is 0 Å². The largest absolute Gasteiger partial charge is 0.309 e. The average Bonchev–Trinajstić information content (AvgIpc) is 3.90. The summed E-state index contributed by atoms with van der Waals surface area (Å²) in [6.45, 7) is 4.74. The van der Waals surface area contributed by atoms with Crippen LogP contribution in [0.15, 0.2) is 218 Å². The van der Waals surface area contributed by atoms with Gasteiger partial charge >= 0.3 is 0 Å². The van der Waals surface area contributed by atoms with Crippen LogP contribution in [0, 0.1) is 0 Å². The highest BCUT2D eigenvalue weighted by molar-refractivity contribution is 7.19. The maximum atomic E-state index is 2.48. The maximum absolute atomic E-state index is 2.82. The summed E-state index contributed by atoms with van der Waals surface area (Å²) in [7, 11) is -2.82. The third-order valence-corrected chi connectivity index (χ3v) is 18.3. The van der Waals surface area contributed by atoms with E-state index in [4.69, 9.17) is 0 Å². The lowest BCUT2D eigenvalue weighted by molar-refractivity contribution is 0.661. The number of nitrogens with zero attached hydrogens (tertiary/aromatic N) is 2. The van der Waals surface area contributed by atoms with E-state index in [-0.39, 0.29) is 5.41 Å². The fourth-order valence-corrected chi connectivity index (χ4v) is 15.5. The second-order valence-electron chi connectivity index (χ2n) is 16.9. The molecule has 0 unspecified atom stereocenters. The topological polar surface area (TPSA) is 9.86 Å². The first kappa shape index (κ1) is 34.8. The lowest BCUT2D eigenvalue weighted by atomic mass is 9.82. The lowest BCUT2D eigenvalue weighted by Crippen LogP contribution is -2.74. The zero-order chi connectivity index (χ0) is 40.0. The normalized spacial score (nSPS) is 13.3. The van der Waals surface area contributed by atoms with Gasteiger partial charge in [0, 0.05) is 38.3 Å². The fourth-order valence-electron chi connectivity index (χ4n) is 10.7. The van der Waals surface area contributed by atoms with Crippen molar-refractivity contribution in [3.05, 3.63) is 230 Å². The summed E-state index contributed by atoms with van der Waals surface area (Å²) < 4.78 is 4.90. The zero-order valence-corrected chi connectivity index (χ0v) is 34.7.